The number of nitrogens with one attached hydrogen (secondary N) is 2. The molecule has 10 heteroatoms. The molecule has 0 heterocycles. The zero-order valence-corrected chi connectivity index (χ0v) is 11.5. The van der Waals surface area contributed by atoms with Gasteiger partial charge in [0.2, 0.25) is 0 Å². The Bertz CT molecular complexity index is 532. The van der Waals surface area contributed by atoms with Gasteiger partial charge in [-0.2, -0.15) is 26.3 Å². The molecular formula is C8H7F4IN2O2S. The van der Waals surface area contributed by atoms with E-state index >= 15 is 0 Å². The Morgan fingerprint density at radius 1 is 1.28 bits per heavy atom. The predicted molar refractivity (Wildman–Crippen MR) is 65.7 cm³/mol. The number of hydrogen-bond acceptors (Lipinski definition) is 2. The third-order valence-corrected chi connectivity index (χ3v) is 3.54. The summed E-state index contributed by atoms with van der Waals surface area (Å²) < 4.78 is 74.2. The summed E-state index contributed by atoms with van der Waals surface area (Å²) in [7, 11) is -4.35. The van der Waals surface area contributed by atoms with Gasteiger partial charge in [-0.05, 0) is 40.8 Å². The molecule has 0 saturated heterocycles. The summed E-state index contributed by atoms with van der Waals surface area (Å²) in [5, 5.41) is 0. The van der Waals surface area contributed by atoms with Gasteiger partial charge >= 0.3 is 6.18 Å². The van der Waals surface area contributed by atoms with Crippen LogP contribution < -0.4 is 9.44 Å². The maximum absolute atomic E-state index is 12.7. The molecule has 1 aromatic rings. The van der Waals surface area contributed by atoms with Crippen LogP contribution in [-0.4, -0.2) is 21.1 Å². The smallest absolute Gasteiger partial charge is 0.270 e. The predicted octanol–water partition coefficient (Wildman–Crippen LogP) is 2.24. The molecule has 0 bridgehead atoms. The molecule has 1 aromatic carbocycles. The SMILES string of the molecule is O=S(=O)(NCC(F)(F)F)Nc1ccc(F)cc1I. The Morgan fingerprint density at radius 3 is 2.39 bits per heavy atom. The van der Waals surface area contributed by atoms with Crippen LogP contribution in [0.4, 0.5) is 23.2 Å². The van der Waals surface area contributed by atoms with Crippen molar-refractivity contribution in [2.24, 2.45) is 0 Å². The largest absolute Gasteiger partial charge is 0.402 e. The Hall–Kier alpha value is -0.620. The van der Waals surface area contributed by atoms with Gasteiger partial charge < -0.3 is 0 Å². The van der Waals surface area contributed by atoms with Crippen LogP contribution in [-0.2, 0) is 10.2 Å². The second kappa shape index (κ2) is 5.57. The highest BCUT2D eigenvalue weighted by atomic mass is 127. The van der Waals surface area contributed by atoms with Crippen molar-refractivity contribution < 1.29 is 26.0 Å². The molecule has 4 nitrogen and oxygen atoms in total. The van der Waals surface area contributed by atoms with Crippen LogP contribution in [0.2, 0.25) is 0 Å². The van der Waals surface area contributed by atoms with Crippen LogP contribution in [0.3, 0.4) is 0 Å². The van der Waals surface area contributed by atoms with Gasteiger partial charge in [0.25, 0.3) is 10.2 Å². The normalized spacial score (nSPS) is 12.5. The molecule has 102 valence electrons. The molecule has 0 spiro atoms. The van der Waals surface area contributed by atoms with Crippen molar-refractivity contribution in [3.05, 3.63) is 27.6 Å². The van der Waals surface area contributed by atoms with Gasteiger partial charge in [0.15, 0.2) is 0 Å². The molecular weight excluding hydrogens is 391 g/mol. The molecule has 0 aliphatic carbocycles. The zero-order valence-electron chi connectivity index (χ0n) is 8.55. The number of halogens is 5. The van der Waals surface area contributed by atoms with Crippen LogP contribution in [0.15, 0.2) is 18.2 Å². The highest BCUT2D eigenvalue weighted by molar-refractivity contribution is 14.1. The molecule has 0 amide bonds. The molecule has 0 aliphatic heterocycles. The third-order valence-electron chi connectivity index (χ3n) is 1.64. The summed E-state index contributed by atoms with van der Waals surface area (Å²) in [6.45, 7) is -1.68. The molecule has 2 N–H and O–H groups in total. The van der Waals surface area contributed by atoms with Gasteiger partial charge in [-0.25, -0.2) is 4.39 Å². The van der Waals surface area contributed by atoms with Crippen molar-refractivity contribution in [3.8, 4) is 0 Å². The van der Waals surface area contributed by atoms with E-state index in [0.717, 1.165) is 18.2 Å². The van der Waals surface area contributed by atoms with Crippen LogP contribution in [0, 0.1) is 9.39 Å². The van der Waals surface area contributed by atoms with Crippen LogP contribution >= 0.6 is 22.6 Å². The fraction of sp³-hybridized carbons (Fsp3) is 0.250. The molecule has 0 saturated carbocycles. The highest BCUT2D eigenvalue weighted by Gasteiger charge is 2.29. The molecule has 0 atom stereocenters. The van der Waals surface area contributed by atoms with Crippen molar-refractivity contribution in [3.63, 3.8) is 0 Å². The van der Waals surface area contributed by atoms with Gasteiger partial charge in [0.05, 0.1) is 5.69 Å². The summed E-state index contributed by atoms with van der Waals surface area (Å²) in [5.41, 5.74) is -0.00771. The lowest BCUT2D eigenvalue weighted by Gasteiger charge is -2.12. The Morgan fingerprint density at radius 2 is 1.89 bits per heavy atom. The van der Waals surface area contributed by atoms with Crippen molar-refractivity contribution in [1.29, 1.82) is 0 Å². The Balaban J connectivity index is 2.77. The fourth-order valence-corrected chi connectivity index (χ4v) is 2.62. The number of rotatable bonds is 4. The van der Waals surface area contributed by atoms with Crippen LogP contribution in [0.5, 0.6) is 0 Å². The van der Waals surface area contributed by atoms with Gasteiger partial charge in [0.1, 0.15) is 12.4 Å². The Kier molecular flexibility index (Phi) is 4.78. The highest BCUT2D eigenvalue weighted by Crippen LogP contribution is 2.20. The molecule has 0 radical (unpaired) electrons. The summed E-state index contributed by atoms with van der Waals surface area (Å²) in [6, 6.07) is 3.15. The van der Waals surface area contributed by atoms with Crippen molar-refractivity contribution >= 4 is 38.5 Å². The van der Waals surface area contributed by atoms with E-state index in [4.69, 9.17) is 0 Å². The van der Waals surface area contributed by atoms with Crippen LogP contribution in [0.1, 0.15) is 0 Å². The molecule has 18 heavy (non-hydrogen) atoms. The van der Waals surface area contributed by atoms with E-state index in [0.29, 0.717) is 0 Å². The van der Waals surface area contributed by atoms with Gasteiger partial charge in [-0.3, -0.25) is 4.72 Å². The van der Waals surface area contributed by atoms with Crippen molar-refractivity contribution in [2.75, 3.05) is 11.3 Å². The van der Waals surface area contributed by atoms with Gasteiger partial charge in [-0.15, -0.1) is 0 Å². The molecule has 0 aliphatic rings. The maximum atomic E-state index is 12.7. The third kappa shape index (κ3) is 5.35. The number of hydrogen-bond donors (Lipinski definition) is 2. The lowest BCUT2D eigenvalue weighted by molar-refractivity contribution is -0.121. The molecule has 0 unspecified atom stereocenters. The second-order valence-electron chi connectivity index (χ2n) is 3.17. The van der Waals surface area contributed by atoms with E-state index < -0.39 is 28.7 Å². The number of alkyl halides is 3. The number of benzene rings is 1. The fourth-order valence-electron chi connectivity index (χ4n) is 0.930. The van der Waals surface area contributed by atoms with E-state index in [1.165, 1.54) is 4.72 Å². The minimum atomic E-state index is -4.65. The Labute approximate surface area is 114 Å². The van der Waals surface area contributed by atoms with Crippen LogP contribution in [0.25, 0.3) is 0 Å². The topological polar surface area (TPSA) is 58.2 Å². The molecule has 0 aromatic heterocycles. The first-order valence-electron chi connectivity index (χ1n) is 4.38. The first-order chi connectivity index (χ1) is 8.09. The monoisotopic (exact) mass is 398 g/mol. The summed E-state index contributed by atoms with van der Waals surface area (Å²) in [4.78, 5) is 0. The summed E-state index contributed by atoms with van der Waals surface area (Å²) in [6.07, 6.45) is -4.65. The molecule has 1 rings (SSSR count). The lowest BCUT2D eigenvalue weighted by atomic mass is 10.3. The maximum Gasteiger partial charge on any atom is 0.402 e. The lowest BCUT2D eigenvalue weighted by Crippen LogP contribution is -2.37. The van der Waals surface area contributed by atoms with E-state index in [2.05, 4.69) is 0 Å². The van der Waals surface area contributed by atoms with Gasteiger partial charge in [-0.1, -0.05) is 0 Å². The summed E-state index contributed by atoms with van der Waals surface area (Å²) in [5.74, 6) is -0.578. The summed E-state index contributed by atoms with van der Waals surface area (Å²) >= 11 is 1.65. The van der Waals surface area contributed by atoms with Crippen molar-refractivity contribution in [1.82, 2.24) is 4.72 Å². The first-order valence-corrected chi connectivity index (χ1v) is 6.94. The minimum Gasteiger partial charge on any atom is -0.270 e. The minimum absolute atomic E-state index is 0.00771. The van der Waals surface area contributed by atoms with E-state index in [1.807, 2.05) is 4.72 Å². The van der Waals surface area contributed by atoms with Crippen molar-refractivity contribution in [2.45, 2.75) is 6.18 Å². The number of anilines is 1. The van der Waals surface area contributed by atoms with E-state index in [-0.39, 0.29) is 9.26 Å². The van der Waals surface area contributed by atoms with E-state index in [9.17, 15) is 26.0 Å². The average Bonchev–Trinajstić information content (AvgIpc) is 2.19. The van der Waals surface area contributed by atoms with E-state index in [1.54, 1.807) is 22.6 Å². The zero-order chi connectivity index (χ0) is 14.0. The first kappa shape index (κ1) is 15.4. The quantitative estimate of drug-likeness (QED) is 0.604. The molecule has 0 fully saturated rings. The van der Waals surface area contributed by atoms with Gasteiger partial charge in [0, 0.05) is 3.57 Å². The second-order valence-corrected chi connectivity index (χ2v) is 5.83. The standard InChI is InChI=1S/C8H7F4IN2O2S/c9-5-1-2-7(6(13)3-5)15-18(16,17)14-4-8(10,11)12/h1-3,14-15H,4H2. The average molecular weight is 398 g/mol.